The first-order valence-corrected chi connectivity index (χ1v) is 8.51. The predicted octanol–water partition coefficient (Wildman–Crippen LogP) is 3.81. The number of esters is 1. The number of hydrogen-bond donors (Lipinski definition) is 1. The van der Waals surface area contributed by atoms with Crippen molar-refractivity contribution in [3.63, 3.8) is 0 Å². The van der Waals surface area contributed by atoms with E-state index in [1.165, 1.54) is 14.2 Å². The summed E-state index contributed by atoms with van der Waals surface area (Å²) in [6, 6.07) is 14.6. The third-order valence-corrected chi connectivity index (χ3v) is 3.75. The number of methoxy groups -OCH3 is 2. The van der Waals surface area contributed by atoms with Crippen LogP contribution < -0.4 is 10.1 Å². The van der Waals surface area contributed by atoms with Gasteiger partial charge in [0.25, 0.3) is 0 Å². The summed E-state index contributed by atoms with van der Waals surface area (Å²) < 4.78 is 15.1. The van der Waals surface area contributed by atoms with E-state index in [2.05, 4.69) is 5.32 Å². The molecule has 0 saturated carbocycles. The van der Waals surface area contributed by atoms with Crippen LogP contribution in [-0.2, 0) is 16.1 Å². The molecular formula is C21H23NO5. The van der Waals surface area contributed by atoms with Gasteiger partial charge in [-0.2, -0.15) is 0 Å². The standard InChI is InChI=1S/C21H23NO5/c1-25-19-14-18(20(23)26-2)12-11-17(19)10-6-7-13-22-21(24)27-15-16-8-4-3-5-9-16/h3-6,8-12,14H,7,13,15H2,1-2H3,(H,22,24). The van der Waals surface area contributed by atoms with Crippen molar-refractivity contribution in [3.8, 4) is 5.75 Å². The van der Waals surface area contributed by atoms with Crippen molar-refractivity contribution in [1.82, 2.24) is 5.32 Å². The van der Waals surface area contributed by atoms with Crippen LogP contribution in [0.3, 0.4) is 0 Å². The lowest BCUT2D eigenvalue weighted by Gasteiger charge is -2.07. The van der Waals surface area contributed by atoms with Crippen LogP contribution in [0.15, 0.2) is 54.6 Å². The molecule has 1 amide bonds. The molecule has 6 nitrogen and oxygen atoms in total. The largest absolute Gasteiger partial charge is 0.496 e. The Morgan fingerprint density at radius 2 is 1.85 bits per heavy atom. The first-order chi connectivity index (χ1) is 13.1. The normalized spacial score (nSPS) is 10.4. The molecule has 27 heavy (non-hydrogen) atoms. The molecule has 0 heterocycles. The summed E-state index contributed by atoms with van der Waals surface area (Å²) in [7, 11) is 2.87. The molecule has 1 N–H and O–H groups in total. The highest BCUT2D eigenvalue weighted by Crippen LogP contribution is 2.22. The molecule has 0 atom stereocenters. The van der Waals surface area contributed by atoms with E-state index in [-0.39, 0.29) is 6.61 Å². The Hall–Kier alpha value is -3.28. The molecule has 0 radical (unpaired) electrons. The van der Waals surface area contributed by atoms with Gasteiger partial charge in [0.2, 0.25) is 0 Å². The zero-order valence-corrected chi connectivity index (χ0v) is 15.4. The molecule has 0 aliphatic heterocycles. The van der Waals surface area contributed by atoms with Gasteiger partial charge in [-0.1, -0.05) is 48.6 Å². The topological polar surface area (TPSA) is 73.9 Å². The molecule has 0 spiro atoms. The second kappa shape index (κ2) is 10.7. The number of hydrogen-bond acceptors (Lipinski definition) is 5. The van der Waals surface area contributed by atoms with Crippen LogP contribution in [0.4, 0.5) is 4.79 Å². The molecule has 6 heteroatoms. The molecule has 0 aromatic heterocycles. The number of rotatable bonds is 8. The number of carbonyl (C=O) groups is 2. The summed E-state index contributed by atoms with van der Waals surface area (Å²) in [5, 5.41) is 2.69. The molecule has 2 aromatic rings. The Balaban J connectivity index is 1.77. The van der Waals surface area contributed by atoms with Gasteiger partial charge in [0.15, 0.2) is 0 Å². The fourth-order valence-electron chi connectivity index (χ4n) is 2.34. The maximum atomic E-state index is 11.7. The van der Waals surface area contributed by atoms with Crippen molar-refractivity contribution in [2.45, 2.75) is 13.0 Å². The Bertz CT molecular complexity index is 786. The number of alkyl carbamates (subject to hydrolysis) is 1. The van der Waals surface area contributed by atoms with E-state index in [0.29, 0.717) is 24.3 Å². The van der Waals surface area contributed by atoms with Crippen molar-refractivity contribution in [3.05, 3.63) is 71.3 Å². The van der Waals surface area contributed by atoms with Gasteiger partial charge in [-0.25, -0.2) is 9.59 Å². The van der Waals surface area contributed by atoms with E-state index in [0.717, 1.165) is 11.1 Å². The molecule has 0 saturated heterocycles. The molecule has 0 unspecified atom stereocenters. The lowest BCUT2D eigenvalue weighted by Crippen LogP contribution is -2.24. The van der Waals surface area contributed by atoms with Crippen molar-refractivity contribution in [2.75, 3.05) is 20.8 Å². The number of nitrogens with one attached hydrogen (secondary N) is 1. The number of amides is 1. The van der Waals surface area contributed by atoms with Gasteiger partial charge in [-0.15, -0.1) is 0 Å². The first kappa shape index (κ1) is 20.0. The van der Waals surface area contributed by atoms with E-state index < -0.39 is 12.1 Å². The summed E-state index contributed by atoms with van der Waals surface area (Å²) >= 11 is 0. The summed E-state index contributed by atoms with van der Waals surface area (Å²) in [6.07, 6.45) is 3.96. The summed E-state index contributed by atoms with van der Waals surface area (Å²) in [4.78, 5) is 23.2. The number of benzene rings is 2. The van der Waals surface area contributed by atoms with Crippen LogP contribution in [0.25, 0.3) is 6.08 Å². The van der Waals surface area contributed by atoms with Crippen molar-refractivity contribution >= 4 is 18.1 Å². The molecule has 2 aromatic carbocycles. The van der Waals surface area contributed by atoms with Crippen molar-refractivity contribution in [2.24, 2.45) is 0 Å². The van der Waals surface area contributed by atoms with Crippen LogP contribution in [-0.4, -0.2) is 32.8 Å². The average molecular weight is 369 g/mol. The minimum Gasteiger partial charge on any atom is -0.496 e. The summed E-state index contributed by atoms with van der Waals surface area (Å²) in [5.74, 6) is 0.159. The monoisotopic (exact) mass is 369 g/mol. The Kier molecular flexibility index (Phi) is 7.91. The minimum atomic E-state index is -0.452. The van der Waals surface area contributed by atoms with E-state index >= 15 is 0 Å². The molecular weight excluding hydrogens is 346 g/mol. The smallest absolute Gasteiger partial charge is 0.407 e. The molecule has 0 aliphatic rings. The fourth-order valence-corrected chi connectivity index (χ4v) is 2.34. The van der Waals surface area contributed by atoms with E-state index in [1.54, 1.807) is 18.2 Å². The van der Waals surface area contributed by atoms with Crippen LogP contribution in [0, 0.1) is 0 Å². The van der Waals surface area contributed by atoms with Crippen LogP contribution >= 0.6 is 0 Å². The van der Waals surface area contributed by atoms with E-state index in [4.69, 9.17) is 14.2 Å². The third kappa shape index (κ3) is 6.51. The number of carbonyl (C=O) groups excluding carboxylic acids is 2. The predicted molar refractivity (Wildman–Crippen MR) is 103 cm³/mol. The van der Waals surface area contributed by atoms with E-state index in [9.17, 15) is 9.59 Å². The minimum absolute atomic E-state index is 0.242. The zero-order valence-electron chi connectivity index (χ0n) is 15.4. The van der Waals surface area contributed by atoms with E-state index in [1.807, 2.05) is 42.5 Å². The highest BCUT2D eigenvalue weighted by atomic mass is 16.5. The lowest BCUT2D eigenvalue weighted by molar-refractivity contribution is 0.0600. The molecule has 0 aliphatic carbocycles. The van der Waals surface area contributed by atoms with Crippen LogP contribution in [0.1, 0.15) is 27.9 Å². The maximum Gasteiger partial charge on any atom is 0.407 e. The second-order valence-electron chi connectivity index (χ2n) is 5.63. The number of ether oxygens (including phenoxy) is 3. The molecule has 0 fully saturated rings. The maximum absolute atomic E-state index is 11.7. The molecule has 0 bridgehead atoms. The van der Waals surface area contributed by atoms with Gasteiger partial charge in [-0.3, -0.25) is 0 Å². The van der Waals surface area contributed by atoms with Gasteiger partial charge >= 0.3 is 12.1 Å². The summed E-state index contributed by atoms with van der Waals surface area (Å²) in [6.45, 7) is 0.693. The van der Waals surface area contributed by atoms with Gasteiger partial charge in [0, 0.05) is 12.1 Å². The highest BCUT2D eigenvalue weighted by molar-refractivity contribution is 5.90. The van der Waals surface area contributed by atoms with Crippen LogP contribution in [0.5, 0.6) is 5.75 Å². The third-order valence-electron chi connectivity index (χ3n) is 3.75. The fraction of sp³-hybridized carbons (Fsp3) is 0.238. The molecule has 142 valence electrons. The lowest BCUT2D eigenvalue weighted by atomic mass is 10.1. The Labute approximate surface area is 158 Å². The van der Waals surface area contributed by atoms with Gasteiger partial charge in [0.1, 0.15) is 12.4 Å². The zero-order chi connectivity index (χ0) is 19.5. The second-order valence-corrected chi connectivity index (χ2v) is 5.63. The van der Waals surface area contributed by atoms with Crippen LogP contribution in [0.2, 0.25) is 0 Å². The average Bonchev–Trinajstić information content (AvgIpc) is 2.72. The SMILES string of the molecule is COC(=O)c1ccc(C=CCCNC(=O)OCc2ccccc2)c(OC)c1. The summed E-state index contributed by atoms with van der Waals surface area (Å²) in [5.41, 5.74) is 2.20. The van der Waals surface area contributed by atoms with Crippen molar-refractivity contribution < 1.29 is 23.8 Å². The quantitative estimate of drug-likeness (QED) is 0.566. The Morgan fingerprint density at radius 3 is 2.56 bits per heavy atom. The van der Waals surface area contributed by atoms with Gasteiger partial charge in [-0.05, 0) is 24.1 Å². The van der Waals surface area contributed by atoms with Gasteiger partial charge < -0.3 is 19.5 Å². The van der Waals surface area contributed by atoms with Crippen molar-refractivity contribution in [1.29, 1.82) is 0 Å². The first-order valence-electron chi connectivity index (χ1n) is 8.51. The Morgan fingerprint density at radius 1 is 1.07 bits per heavy atom. The van der Waals surface area contributed by atoms with Gasteiger partial charge in [0.05, 0.1) is 19.8 Å². The highest BCUT2D eigenvalue weighted by Gasteiger charge is 2.08. The molecule has 2 rings (SSSR count).